The van der Waals surface area contributed by atoms with Crippen molar-refractivity contribution < 1.29 is 0 Å². The monoisotopic (exact) mass is 198 g/mol. The largest absolute Gasteiger partial charge is 0.313 e. The Bertz CT molecular complexity index is 156. The van der Waals surface area contributed by atoms with Crippen LogP contribution < -0.4 is 5.32 Å². The van der Waals surface area contributed by atoms with Crippen LogP contribution in [-0.2, 0) is 0 Å². The highest BCUT2D eigenvalue weighted by Crippen LogP contribution is 2.16. The highest BCUT2D eigenvalue weighted by molar-refractivity contribution is 4.85. The summed E-state index contributed by atoms with van der Waals surface area (Å²) in [5, 5.41) is 3.58. The van der Waals surface area contributed by atoms with E-state index in [-0.39, 0.29) is 0 Å². The molecular weight excluding hydrogens is 172 g/mol. The van der Waals surface area contributed by atoms with Crippen molar-refractivity contribution in [1.82, 2.24) is 10.2 Å². The molecule has 1 saturated heterocycles. The lowest BCUT2D eigenvalue weighted by molar-refractivity contribution is 0.126. The Morgan fingerprint density at radius 2 is 2.14 bits per heavy atom. The van der Waals surface area contributed by atoms with Gasteiger partial charge < -0.3 is 5.32 Å². The fourth-order valence-electron chi connectivity index (χ4n) is 2.49. The third-order valence-electron chi connectivity index (χ3n) is 3.19. The molecule has 1 rings (SSSR count). The number of likely N-dealkylation sites (N-methyl/N-ethyl adjacent to an activating group) is 1. The van der Waals surface area contributed by atoms with Crippen molar-refractivity contribution in [3.8, 4) is 0 Å². The van der Waals surface area contributed by atoms with Crippen LogP contribution in [0.2, 0.25) is 0 Å². The van der Waals surface area contributed by atoms with Crippen molar-refractivity contribution in [3.05, 3.63) is 0 Å². The third-order valence-corrected chi connectivity index (χ3v) is 3.19. The predicted molar refractivity (Wildman–Crippen MR) is 62.6 cm³/mol. The number of hydrogen-bond donors (Lipinski definition) is 1. The molecule has 14 heavy (non-hydrogen) atoms. The standard InChI is InChI=1S/C12H26N2/c1-5-14(9-10(2)3)12-7-6-8-13-11(12)4/h10-13H,5-9H2,1-4H3. The van der Waals surface area contributed by atoms with E-state index in [9.17, 15) is 0 Å². The van der Waals surface area contributed by atoms with Gasteiger partial charge in [-0.25, -0.2) is 0 Å². The molecule has 0 radical (unpaired) electrons. The van der Waals surface area contributed by atoms with E-state index in [1.54, 1.807) is 0 Å². The molecule has 0 saturated carbocycles. The topological polar surface area (TPSA) is 15.3 Å². The molecule has 0 aromatic heterocycles. The summed E-state index contributed by atoms with van der Waals surface area (Å²) in [4.78, 5) is 2.64. The third kappa shape index (κ3) is 3.25. The lowest BCUT2D eigenvalue weighted by Gasteiger charge is -2.39. The average Bonchev–Trinajstić information content (AvgIpc) is 2.15. The van der Waals surface area contributed by atoms with Crippen molar-refractivity contribution in [2.24, 2.45) is 5.92 Å². The fraction of sp³-hybridized carbons (Fsp3) is 1.00. The van der Waals surface area contributed by atoms with Crippen LogP contribution in [0.15, 0.2) is 0 Å². The van der Waals surface area contributed by atoms with Gasteiger partial charge in [0.15, 0.2) is 0 Å². The predicted octanol–water partition coefficient (Wildman–Crippen LogP) is 2.10. The Morgan fingerprint density at radius 1 is 1.43 bits per heavy atom. The normalized spacial score (nSPS) is 28.7. The molecule has 2 unspecified atom stereocenters. The molecule has 1 fully saturated rings. The molecule has 0 amide bonds. The van der Waals surface area contributed by atoms with E-state index in [4.69, 9.17) is 0 Å². The fourth-order valence-corrected chi connectivity index (χ4v) is 2.49. The van der Waals surface area contributed by atoms with Crippen molar-refractivity contribution in [2.75, 3.05) is 19.6 Å². The second-order valence-corrected chi connectivity index (χ2v) is 4.93. The number of piperidine rings is 1. The lowest BCUT2D eigenvalue weighted by Crippen LogP contribution is -2.52. The van der Waals surface area contributed by atoms with Crippen molar-refractivity contribution in [3.63, 3.8) is 0 Å². The molecule has 0 aromatic carbocycles. The first-order valence-corrected chi connectivity index (χ1v) is 6.12. The zero-order valence-corrected chi connectivity index (χ0v) is 10.2. The molecule has 0 aliphatic carbocycles. The number of rotatable bonds is 4. The van der Waals surface area contributed by atoms with Gasteiger partial charge in [0.25, 0.3) is 0 Å². The molecule has 1 N–H and O–H groups in total. The van der Waals surface area contributed by atoms with E-state index in [2.05, 4.69) is 37.9 Å². The van der Waals surface area contributed by atoms with Gasteiger partial charge in [-0.05, 0) is 38.8 Å². The molecule has 0 bridgehead atoms. The summed E-state index contributed by atoms with van der Waals surface area (Å²) in [6, 6.07) is 1.43. The first-order chi connectivity index (χ1) is 6.65. The Balaban J connectivity index is 2.48. The Morgan fingerprint density at radius 3 is 2.64 bits per heavy atom. The van der Waals surface area contributed by atoms with Gasteiger partial charge in [0.1, 0.15) is 0 Å². The highest BCUT2D eigenvalue weighted by atomic mass is 15.2. The van der Waals surface area contributed by atoms with Gasteiger partial charge in [-0.2, -0.15) is 0 Å². The Hall–Kier alpha value is -0.0800. The molecule has 0 aromatic rings. The Kier molecular flexibility index (Phi) is 4.90. The van der Waals surface area contributed by atoms with Crippen molar-refractivity contribution in [2.45, 2.75) is 52.6 Å². The minimum Gasteiger partial charge on any atom is -0.313 e. The van der Waals surface area contributed by atoms with E-state index in [1.165, 1.54) is 32.5 Å². The summed E-state index contributed by atoms with van der Waals surface area (Å²) in [5.41, 5.74) is 0. The molecule has 2 nitrogen and oxygen atoms in total. The van der Waals surface area contributed by atoms with E-state index in [0.29, 0.717) is 6.04 Å². The molecule has 84 valence electrons. The maximum atomic E-state index is 3.58. The maximum Gasteiger partial charge on any atom is 0.0247 e. The number of nitrogens with zero attached hydrogens (tertiary/aromatic N) is 1. The zero-order chi connectivity index (χ0) is 10.6. The van der Waals surface area contributed by atoms with Gasteiger partial charge in [0.2, 0.25) is 0 Å². The van der Waals surface area contributed by atoms with Crippen molar-refractivity contribution in [1.29, 1.82) is 0 Å². The van der Waals surface area contributed by atoms with Gasteiger partial charge >= 0.3 is 0 Å². The number of nitrogens with one attached hydrogen (secondary N) is 1. The Labute approximate surface area is 89.1 Å². The average molecular weight is 198 g/mol. The first-order valence-electron chi connectivity index (χ1n) is 6.12. The quantitative estimate of drug-likeness (QED) is 0.744. The zero-order valence-electron chi connectivity index (χ0n) is 10.2. The SMILES string of the molecule is CCN(CC(C)C)C1CCCNC1C. The summed E-state index contributed by atoms with van der Waals surface area (Å²) in [6.45, 7) is 12.9. The minimum absolute atomic E-state index is 0.669. The van der Waals surface area contributed by atoms with Gasteiger partial charge in [-0.3, -0.25) is 4.90 Å². The summed E-state index contributed by atoms with van der Waals surface area (Å²) in [5.74, 6) is 0.782. The second-order valence-electron chi connectivity index (χ2n) is 4.93. The summed E-state index contributed by atoms with van der Waals surface area (Å²) < 4.78 is 0. The summed E-state index contributed by atoms with van der Waals surface area (Å²) in [6.07, 6.45) is 2.71. The molecule has 1 aliphatic rings. The molecule has 2 heteroatoms. The van der Waals surface area contributed by atoms with Crippen LogP contribution in [0.3, 0.4) is 0 Å². The molecule has 2 atom stereocenters. The van der Waals surface area contributed by atoms with Crippen molar-refractivity contribution >= 4 is 0 Å². The van der Waals surface area contributed by atoms with Crippen LogP contribution in [-0.4, -0.2) is 36.6 Å². The van der Waals surface area contributed by atoms with E-state index in [0.717, 1.165) is 12.0 Å². The van der Waals surface area contributed by atoms with Gasteiger partial charge in [-0.15, -0.1) is 0 Å². The molecule has 1 aliphatic heterocycles. The number of hydrogen-bond acceptors (Lipinski definition) is 2. The van der Waals surface area contributed by atoms with E-state index >= 15 is 0 Å². The van der Waals surface area contributed by atoms with Crippen LogP contribution in [0.4, 0.5) is 0 Å². The van der Waals surface area contributed by atoms with Gasteiger partial charge in [0, 0.05) is 18.6 Å². The second kappa shape index (κ2) is 5.72. The minimum atomic E-state index is 0.669. The van der Waals surface area contributed by atoms with Gasteiger partial charge in [0.05, 0.1) is 0 Å². The summed E-state index contributed by atoms with van der Waals surface area (Å²) in [7, 11) is 0. The highest BCUT2D eigenvalue weighted by Gasteiger charge is 2.25. The molecule has 1 heterocycles. The molecule has 0 spiro atoms. The van der Waals surface area contributed by atoms with Crippen LogP contribution in [0, 0.1) is 5.92 Å². The van der Waals surface area contributed by atoms with Crippen LogP contribution in [0.5, 0.6) is 0 Å². The van der Waals surface area contributed by atoms with Crippen LogP contribution >= 0.6 is 0 Å². The molecular formula is C12H26N2. The smallest absolute Gasteiger partial charge is 0.0247 e. The van der Waals surface area contributed by atoms with Crippen LogP contribution in [0.1, 0.15) is 40.5 Å². The van der Waals surface area contributed by atoms with Gasteiger partial charge in [-0.1, -0.05) is 20.8 Å². The van der Waals surface area contributed by atoms with Crippen LogP contribution in [0.25, 0.3) is 0 Å². The summed E-state index contributed by atoms with van der Waals surface area (Å²) >= 11 is 0. The van der Waals surface area contributed by atoms with E-state index < -0.39 is 0 Å². The first kappa shape index (κ1) is 12.0. The maximum absolute atomic E-state index is 3.58. The van der Waals surface area contributed by atoms with E-state index in [1.807, 2.05) is 0 Å². The lowest BCUT2D eigenvalue weighted by atomic mass is 9.97.